The second-order valence-electron chi connectivity index (χ2n) is 2.57. The first-order chi connectivity index (χ1) is 5.11. The zero-order chi connectivity index (χ0) is 8.43. The van der Waals surface area contributed by atoms with Gasteiger partial charge in [0.1, 0.15) is 0 Å². The third-order valence-corrected chi connectivity index (χ3v) is 2.40. The Bertz CT molecular complexity index is 267. The van der Waals surface area contributed by atoms with Gasteiger partial charge in [-0.15, -0.1) is 0 Å². The summed E-state index contributed by atoms with van der Waals surface area (Å²) in [6.07, 6.45) is 0. The van der Waals surface area contributed by atoms with Crippen molar-refractivity contribution in [2.45, 2.75) is 19.8 Å². The summed E-state index contributed by atoms with van der Waals surface area (Å²) in [4.78, 5) is 11.4. The zero-order valence-electron chi connectivity index (χ0n) is 6.37. The molecule has 1 N–H and O–H groups in total. The highest BCUT2D eigenvalue weighted by Gasteiger charge is 2.09. The van der Waals surface area contributed by atoms with Gasteiger partial charge in [-0.2, -0.15) is 4.37 Å². The van der Waals surface area contributed by atoms with Crippen LogP contribution in [0, 0.1) is 0 Å². The summed E-state index contributed by atoms with van der Waals surface area (Å²) in [5.74, 6) is -0.589. The van der Waals surface area contributed by atoms with E-state index in [0.717, 1.165) is 4.88 Å². The second-order valence-corrected chi connectivity index (χ2v) is 3.41. The average Bonchev–Trinajstić information content (AvgIpc) is 2.33. The molecule has 4 heteroatoms. The van der Waals surface area contributed by atoms with E-state index in [1.807, 2.05) is 13.8 Å². The molecule has 0 fully saturated rings. The van der Waals surface area contributed by atoms with Gasteiger partial charge in [-0.05, 0) is 23.5 Å². The molecule has 0 saturated carbocycles. The molecule has 0 aromatic carbocycles. The van der Waals surface area contributed by atoms with Crippen molar-refractivity contribution in [2.75, 3.05) is 0 Å². The maximum Gasteiger partial charge on any atom is 0.355 e. The lowest BCUT2D eigenvalue weighted by molar-refractivity contribution is 0.0692. The van der Waals surface area contributed by atoms with Crippen molar-refractivity contribution >= 4 is 17.5 Å². The lowest BCUT2D eigenvalue weighted by atomic mass is 10.2. The molecule has 0 atom stereocenters. The SMILES string of the molecule is CC(C)c1cc(C(=O)O)ns1. The van der Waals surface area contributed by atoms with Gasteiger partial charge in [-0.25, -0.2) is 4.79 Å². The third kappa shape index (κ3) is 1.77. The second kappa shape index (κ2) is 3.00. The van der Waals surface area contributed by atoms with Crippen LogP contribution in [0.15, 0.2) is 6.07 Å². The zero-order valence-corrected chi connectivity index (χ0v) is 7.18. The Morgan fingerprint density at radius 2 is 2.36 bits per heavy atom. The van der Waals surface area contributed by atoms with E-state index in [1.165, 1.54) is 11.5 Å². The van der Waals surface area contributed by atoms with Gasteiger partial charge in [-0.3, -0.25) is 0 Å². The highest BCUT2D eigenvalue weighted by Crippen LogP contribution is 2.19. The van der Waals surface area contributed by atoms with Crippen LogP contribution in [0.3, 0.4) is 0 Å². The van der Waals surface area contributed by atoms with Crippen molar-refractivity contribution in [3.8, 4) is 0 Å². The number of hydrogen-bond donors (Lipinski definition) is 1. The topological polar surface area (TPSA) is 50.2 Å². The standard InChI is InChI=1S/C7H9NO2S/c1-4(2)6-3-5(7(9)10)8-11-6/h3-4H,1-2H3,(H,9,10). The van der Waals surface area contributed by atoms with Crippen LogP contribution >= 0.6 is 11.5 Å². The predicted molar refractivity (Wildman–Crippen MR) is 43.2 cm³/mol. The van der Waals surface area contributed by atoms with Crippen molar-refractivity contribution in [3.63, 3.8) is 0 Å². The van der Waals surface area contributed by atoms with Crippen LogP contribution in [0.2, 0.25) is 0 Å². The third-order valence-electron chi connectivity index (χ3n) is 1.32. The number of hydrogen-bond acceptors (Lipinski definition) is 3. The number of carbonyl (C=O) groups is 1. The molecule has 0 saturated heterocycles. The van der Waals surface area contributed by atoms with E-state index < -0.39 is 5.97 Å². The fraction of sp³-hybridized carbons (Fsp3) is 0.429. The van der Waals surface area contributed by atoms with Gasteiger partial charge >= 0.3 is 5.97 Å². The highest BCUT2D eigenvalue weighted by molar-refractivity contribution is 7.06. The molecule has 1 aromatic heterocycles. The van der Waals surface area contributed by atoms with Gasteiger partial charge in [0.2, 0.25) is 0 Å². The van der Waals surface area contributed by atoms with Crippen LogP contribution in [0.25, 0.3) is 0 Å². The number of aromatic nitrogens is 1. The molecule has 1 aromatic rings. The smallest absolute Gasteiger partial charge is 0.355 e. The van der Waals surface area contributed by atoms with Crippen LogP contribution in [0.5, 0.6) is 0 Å². The van der Waals surface area contributed by atoms with Gasteiger partial charge in [0, 0.05) is 4.88 Å². The molecule has 1 heterocycles. The maximum atomic E-state index is 10.4. The summed E-state index contributed by atoms with van der Waals surface area (Å²) >= 11 is 1.26. The Morgan fingerprint density at radius 1 is 1.73 bits per heavy atom. The van der Waals surface area contributed by atoms with E-state index in [9.17, 15) is 4.79 Å². The van der Waals surface area contributed by atoms with E-state index >= 15 is 0 Å². The molecule has 1 rings (SSSR count). The fourth-order valence-corrected chi connectivity index (χ4v) is 1.37. The lowest BCUT2D eigenvalue weighted by Gasteiger charge is -1.94. The summed E-state index contributed by atoms with van der Waals surface area (Å²) in [6.45, 7) is 4.03. The van der Waals surface area contributed by atoms with Gasteiger partial charge < -0.3 is 5.11 Å². The lowest BCUT2D eigenvalue weighted by Crippen LogP contribution is -1.94. The van der Waals surface area contributed by atoms with E-state index in [0.29, 0.717) is 5.92 Å². The summed E-state index contributed by atoms with van der Waals surface area (Å²) in [5, 5.41) is 8.52. The van der Waals surface area contributed by atoms with Crippen molar-refractivity contribution in [2.24, 2.45) is 0 Å². The Kier molecular flexibility index (Phi) is 2.24. The molecule has 11 heavy (non-hydrogen) atoms. The number of nitrogens with zero attached hydrogens (tertiary/aromatic N) is 1. The molecule has 0 bridgehead atoms. The van der Waals surface area contributed by atoms with Crippen molar-refractivity contribution in [1.82, 2.24) is 4.37 Å². The van der Waals surface area contributed by atoms with Gasteiger partial charge in [-0.1, -0.05) is 13.8 Å². The molecule has 0 aliphatic rings. The molecule has 0 radical (unpaired) electrons. The van der Waals surface area contributed by atoms with E-state index in [2.05, 4.69) is 4.37 Å². The van der Waals surface area contributed by atoms with Gasteiger partial charge in [0.05, 0.1) is 0 Å². The predicted octanol–water partition coefficient (Wildman–Crippen LogP) is 1.96. The number of aromatic carboxylic acids is 1. The molecule has 0 unspecified atom stereocenters. The Balaban J connectivity index is 2.90. The highest BCUT2D eigenvalue weighted by atomic mass is 32.1. The van der Waals surface area contributed by atoms with E-state index in [4.69, 9.17) is 5.11 Å². The average molecular weight is 171 g/mol. The monoisotopic (exact) mass is 171 g/mol. The molecule has 0 aliphatic heterocycles. The summed E-state index contributed by atoms with van der Waals surface area (Å²) in [5.41, 5.74) is 0.152. The summed E-state index contributed by atoms with van der Waals surface area (Å²) < 4.78 is 3.78. The fourth-order valence-electron chi connectivity index (χ4n) is 0.662. The normalized spacial score (nSPS) is 10.5. The summed E-state index contributed by atoms with van der Waals surface area (Å²) in [6, 6.07) is 1.62. The number of carboxylic acids is 1. The minimum absolute atomic E-state index is 0.152. The maximum absolute atomic E-state index is 10.4. The Morgan fingerprint density at radius 3 is 2.64 bits per heavy atom. The largest absolute Gasteiger partial charge is 0.476 e. The van der Waals surface area contributed by atoms with Crippen molar-refractivity contribution < 1.29 is 9.90 Å². The van der Waals surface area contributed by atoms with E-state index in [1.54, 1.807) is 6.07 Å². The molecule has 3 nitrogen and oxygen atoms in total. The van der Waals surface area contributed by atoms with Crippen LogP contribution < -0.4 is 0 Å². The van der Waals surface area contributed by atoms with Crippen LogP contribution in [-0.4, -0.2) is 15.4 Å². The first-order valence-corrected chi connectivity index (χ1v) is 4.08. The van der Waals surface area contributed by atoms with Crippen molar-refractivity contribution in [3.05, 3.63) is 16.6 Å². The number of carboxylic acid groups (broad SMARTS) is 1. The number of rotatable bonds is 2. The minimum atomic E-state index is -0.951. The molecular weight excluding hydrogens is 162 g/mol. The minimum Gasteiger partial charge on any atom is -0.476 e. The van der Waals surface area contributed by atoms with Crippen LogP contribution in [-0.2, 0) is 0 Å². The quantitative estimate of drug-likeness (QED) is 0.740. The molecular formula is C7H9NO2S. The Labute approximate surface area is 68.8 Å². The van der Waals surface area contributed by atoms with Gasteiger partial charge in [0.15, 0.2) is 5.69 Å². The van der Waals surface area contributed by atoms with Crippen molar-refractivity contribution in [1.29, 1.82) is 0 Å². The molecule has 60 valence electrons. The first-order valence-electron chi connectivity index (χ1n) is 3.31. The van der Waals surface area contributed by atoms with Crippen LogP contribution in [0.4, 0.5) is 0 Å². The Hall–Kier alpha value is -0.900. The van der Waals surface area contributed by atoms with Crippen LogP contribution in [0.1, 0.15) is 35.1 Å². The molecule has 0 aliphatic carbocycles. The van der Waals surface area contributed by atoms with E-state index in [-0.39, 0.29) is 5.69 Å². The molecule has 0 spiro atoms. The summed E-state index contributed by atoms with van der Waals surface area (Å²) in [7, 11) is 0. The van der Waals surface area contributed by atoms with Gasteiger partial charge in [0.25, 0.3) is 0 Å². The molecule has 0 amide bonds. The first kappa shape index (κ1) is 8.20.